The van der Waals surface area contributed by atoms with E-state index in [0.29, 0.717) is 6.54 Å². The Kier molecular flexibility index (Phi) is 4.48. The molecule has 0 unspecified atom stereocenters. The Morgan fingerprint density at radius 3 is 2.90 bits per heavy atom. The topological polar surface area (TPSA) is 48.5 Å². The summed E-state index contributed by atoms with van der Waals surface area (Å²) in [6.07, 6.45) is 0. The lowest BCUT2D eigenvalue weighted by Gasteiger charge is -2.29. The van der Waals surface area contributed by atoms with Gasteiger partial charge in [0.2, 0.25) is 5.91 Å². The van der Waals surface area contributed by atoms with Crippen molar-refractivity contribution in [2.75, 3.05) is 39.8 Å². The molecule has 0 atom stereocenters. The second kappa shape index (κ2) is 6.51. The molecule has 112 valence electrons. The first kappa shape index (κ1) is 14.4. The van der Waals surface area contributed by atoms with E-state index >= 15 is 0 Å². The van der Waals surface area contributed by atoms with Gasteiger partial charge in [-0.15, -0.1) is 11.3 Å². The molecule has 21 heavy (non-hydrogen) atoms. The van der Waals surface area contributed by atoms with Gasteiger partial charge in [-0.2, -0.15) is 0 Å². The van der Waals surface area contributed by atoms with Crippen molar-refractivity contribution in [3.05, 3.63) is 29.3 Å². The van der Waals surface area contributed by atoms with Crippen molar-refractivity contribution in [2.24, 2.45) is 0 Å². The highest BCUT2D eigenvalue weighted by Crippen LogP contribution is 2.22. The Balaban J connectivity index is 1.57. The number of carbonyl (C=O) groups is 1. The third-order valence-electron chi connectivity index (χ3n) is 3.62. The van der Waals surface area contributed by atoms with Crippen LogP contribution in [0.3, 0.4) is 0 Å². The second-order valence-corrected chi connectivity index (χ2v) is 6.49. The first-order valence-electron chi connectivity index (χ1n) is 7.24. The molecule has 2 aromatic rings. The zero-order chi connectivity index (χ0) is 14.7. The molecule has 0 aliphatic carbocycles. The van der Waals surface area contributed by atoms with Crippen molar-refractivity contribution >= 4 is 27.5 Å². The summed E-state index contributed by atoms with van der Waals surface area (Å²) in [5.41, 5.74) is 1.04. The maximum Gasteiger partial charge on any atom is 0.236 e. The highest BCUT2D eigenvalue weighted by molar-refractivity contribution is 7.18. The number of piperazine rings is 1. The molecule has 1 saturated heterocycles. The number of hydrogen-bond donors (Lipinski definition) is 1. The maximum atomic E-state index is 12.2. The molecule has 1 aliphatic heterocycles. The number of nitrogens with one attached hydrogen (secondary N) is 1. The molecule has 1 fully saturated rings. The normalized spacial score (nSPS) is 15.8. The van der Waals surface area contributed by atoms with Crippen molar-refractivity contribution in [2.45, 2.75) is 6.54 Å². The monoisotopic (exact) mass is 304 g/mol. The Hall–Kier alpha value is -1.50. The van der Waals surface area contributed by atoms with Gasteiger partial charge in [-0.25, -0.2) is 4.98 Å². The van der Waals surface area contributed by atoms with Gasteiger partial charge in [-0.3, -0.25) is 9.69 Å². The second-order valence-electron chi connectivity index (χ2n) is 5.38. The van der Waals surface area contributed by atoms with Crippen LogP contribution in [0.15, 0.2) is 24.3 Å². The number of amides is 1. The number of likely N-dealkylation sites (N-methyl/N-ethyl adjacent to an activating group) is 1. The highest BCUT2D eigenvalue weighted by Gasteiger charge is 2.18. The number of carbonyl (C=O) groups excluding carboxylic acids is 1. The quantitative estimate of drug-likeness (QED) is 0.921. The molecular formula is C15H20N4OS. The van der Waals surface area contributed by atoms with Crippen LogP contribution in [0, 0.1) is 0 Å². The molecule has 0 bridgehead atoms. The lowest BCUT2D eigenvalue weighted by Crippen LogP contribution is -2.49. The van der Waals surface area contributed by atoms with Gasteiger partial charge in [0.15, 0.2) is 0 Å². The number of rotatable bonds is 4. The van der Waals surface area contributed by atoms with Crippen LogP contribution in [0.5, 0.6) is 0 Å². The standard InChI is InChI=1S/C15H20N4OS/c1-18(11-15(20)19-8-6-16-7-9-19)10-14-17-12-4-2-3-5-13(12)21-14/h2-5,16H,6-11H2,1H3. The van der Waals surface area contributed by atoms with E-state index in [1.165, 1.54) is 4.70 Å². The lowest BCUT2D eigenvalue weighted by atomic mass is 10.3. The lowest BCUT2D eigenvalue weighted by molar-refractivity contribution is -0.132. The van der Waals surface area contributed by atoms with Crippen molar-refractivity contribution in [3.8, 4) is 0 Å². The Morgan fingerprint density at radius 1 is 1.38 bits per heavy atom. The van der Waals surface area contributed by atoms with E-state index in [2.05, 4.69) is 16.4 Å². The smallest absolute Gasteiger partial charge is 0.236 e. The van der Waals surface area contributed by atoms with Crippen LogP contribution in [0.4, 0.5) is 0 Å². The molecule has 1 aromatic carbocycles. The van der Waals surface area contributed by atoms with Crippen LogP contribution in [-0.2, 0) is 11.3 Å². The molecule has 0 spiro atoms. The van der Waals surface area contributed by atoms with E-state index in [-0.39, 0.29) is 5.91 Å². The summed E-state index contributed by atoms with van der Waals surface area (Å²) in [6.45, 7) is 4.59. The summed E-state index contributed by atoms with van der Waals surface area (Å²) < 4.78 is 1.20. The van der Waals surface area contributed by atoms with Gasteiger partial charge in [0.05, 0.1) is 23.3 Å². The van der Waals surface area contributed by atoms with Crippen LogP contribution in [0.2, 0.25) is 0 Å². The van der Waals surface area contributed by atoms with Crippen LogP contribution in [-0.4, -0.2) is 60.5 Å². The summed E-state index contributed by atoms with van der Waals surface area (Å²) in [7, 11) is 1.98. The van der Waals surface area contributed by atoms with Crippen LogP contribution >= 0.6 is 11.3 Å². The minimum absolute atomic E-state index is 0.208. The summed E-state index contributed by atoms with van der Waals surface area (Å²) in [5, 5.41) is 4.32. The van der Waals surface area contributed by atoms with Crippen molar-refractivity contribution in [1.29, 1.82) is 0 Å². The summed E-state index contributed by atoms with van der Waals surface area (Å²) >= 11 is 1.70. The summed E-state index contributed by atoms with van der Waals surface area (Å²) in [5.74, 6) is 0.208. The number of para-hydroxylation sites is 1. The molecule has 1 aliphatic rings. The van der Waals surface area contributed by atoms with E-state index in [1.54, 1.807) is 11.3 Å². The Morgan fingerprint density at radius 2 is 2.14 bits per heavy atom. The largest absolute Gasteiger partial charge is 0.339 e. The van der Waals surface area contributed by atoms with Gasteiger partial charge in [0.1, 0.15) is 5.01 Å². The number of thiazole rings is 1. The van der Waals surface area contributed by atoms with Crippen LogP contribution in [0.25, 0.3) is 10.2 Å². The molecule has 1 N–H and O–H groups in total. The fourth-order valence-corrected chi connectivity index (χ4v) is 3.57. The van der Waals surface area contributed by atoms with Crippen LogP contribution in [0.1, 0.15) is 5.01 Å². The van der Waals surface area contributed by atoms with Crippen molar-refractivity contribution in [3.63, 3.8) is 0 Å². The fourth-order valence-electron chi connectivity index (χ4n) is 2.52. The number of benzene rings is 1. The van der Waals surface area contributed by atoms with Gasteiger partial charge in [-0.1, -0.05) is 12.1 Å². The minimum Gasteiger partial charge on any atom is -0.339 e. The zero-order valence-electron chi connectivity index (χ0n) is 12.2. The zero-order valence-corrected chi connectivity index (χ0v) is 13.0. The fraction of sp³-hybridized carbons (Fsp3) is 0.467. The molecular weight excluding hydrogens is 284 g/mol. The highest BCUT2D eigenvalue weighted by atomic mass is 32.1. The average molecular weight is 304 g/mol. The molecule has 3 rings (SSSR count). The van der Waals surface area contributed by atoms with E-state index < -0.39 is 0 Å². The van der Waals surface area contributed by atoms with E-state index in [4.69, 9.17) is 0 Å². The predicted molar refractivity (Wildman–Crippen MR) is 85.4 cm³/mol. The molecule has 2 heterocycles. The van der Waals surface area contributed by atoms with E-state index in [0.717, 1.165) is 43.2 Å². The molecule has 5 nitrogen and oxygen atoms in total. The number of hydrogen-bond acceptors (Lipinski definition) is 5. The van der Waals surface area contributed by atoms with Gasteiger partial charge >= 0.3 is 0 Å². The summed E-state index contributed by atoms with van der Waals surface area (Å²) in [4.78, 5) is 20.8. The first-order valence-corrected chi connectivity index (χ1v) is 8.05. The van der Waals surface area contributed by atoms with Crippen molar-refractivity contribution < 1.29 is 4.79 Å². The number of fused-ring (bicyclic) bond motifs is 1. The third-order valence-corrected chi connectivity index (χ3v) is 4.64. The molecule has 0 radical (unpaired) electrons. The third kappa shape index (κ3) is 3.58. The molecule has 0 saturated carbocycles. The Labute approximate surface area is 128 Å². The summed E-state index contributed by atoms with van der Waals surface area (Å²) in [6, 6.07) is 8.15. The van der Waals surface area contributed by atoms with Gasteiger partial charge in [0, 0.05) is 26.2 Å². The average Bonchev–Trinajstić information content (AvgIpc) is 2.90. The van der Waals surface area contributed by atoms with Crippen molar-refractivity contribution in [1.82, 2.24) is 20.1 Å². The predicted octanol–water partition coefficient (Wildman–Crippen LogP) is 1.16. The van der Waals surface area contributed by atoms with E-state index in [9.17, 15) is 4.79 Å². The van der Waals surface area contributed by atoms with Gasteiger partial charge in [0.25, 0.3) is 0 Å². The minimum atomic E-state index is 0.208. The molecule has 1 amide bonds. The number of aromatic nitrogens is 1. The number of nitrogens with zero attached hydrogens (tertiary/aromatic N) is 3. The van der Waals surface area contributed by atoms with Gasteiger partial charge in [-0.05, 0) is 19.2 Å². The molecule has 1 aromatic heterocycles. The van der Waals surface area contributed by atoms with E-state index in [1.807, 2.05) is 35.0 Å². The van der Waals surface area contributed by atoms with Crippen LogP contribution < -0.4 is 5.32 Å². The first-order chi connectivity index (χ1) is 10.2. The maximum absolute atomic E-state index is 12.2. The van der Waals surface area contributed by atoms with Gasteiger partial charge < -0.3 is 10.2 Å². The molecule has 6 heteroatoms. The SMILES string of the molecule is CN(CC(=O)N1CCNCC1)Cc1nc2ccccc2s1. The Bertz CT molecular complexity index is 588.